The molecule has 0 bridgehead atoms. The highest BCUT2D eigenvalue weighted by Gasteiger charge is 2.22. The number of hydrogen-bond acceptors (Lipinski definition) is 1. The van der Waals surface area contributed by atoms with Gasteiger partial charge in [-0.05, 0) is 12.8 Å². The van der Waals surface area contributed by atoms with Gasteiger partial charge < -0.3 is 4.74 Å². The fourth-order valence-electron chi connectivity index (χ4n) is 1.18. The van der Waals surface area contributed by atoms with E-state index in [4.69, 9.17) is 4.74 Å². The zero-order valence-electron chi connectivity index (χ0n) is 7.03. The first-order chi connectivity index (χ1) is 4.24. The van der Waals surface area contributed by atoms with Crippen LogP contribution in [0.3, 0.4) is 0 Å². The second-order valence-corrected chi connectivity index (χ2v) is 4.44. The van der Waals surface area contributed by atoms with Crippen molar-refractivity contribution in [2.75, 3.05) is 7.11 Å². The Morgan fingerprint density at radius 2 is 1.78 bits per heavy atom. The minimum absolute atomic E-state index is 0.00116. The normalized spacial score (nSPS) is 13.3. The van der Waals surface area contributed by atoms with E-state index in [1.165, 1.54) is 12.8 Å². The molecule has 0 saturated heterocycles. The molecule has 0 saturated carbocycles. The van der Waals surface area contributed by atoms with Crippen molar-refractivity contribution >= 4 is 9.52 Å². The van der Waals surface area contributed by atoms with Crippen molar-refractivity contribution in [1.29, 1.82) is 0 Å². The van der Waals surface area contributed by atoms with Gasteiger partial charge in [-0.3, -0.25) is 0 Å². The van der Waals surface area contributed by atoms with Crippen molar-refractivity contribution in [2.24, 2.45) is 0 Å². The molecule has 0 radical (unpaired) electrons. The van der Waals surface area contributed by atoms with Crippen LogP contribution in [0.4, 0.5) is 0 Å². The van der Waals surface area contributed by atoms with E-state index in [9.17, 15) is 0 Å². The fraction of sp³-hybridized carbons (Fsp3) is 1.00. The highest BCUT2D eigenvalue weighted by molar-refractivity contribution is 6.37. The second-order valence-electron chi connectivity index (χ2n) is 2.45. The Bertz CT molecular complexity index is 51.8. The predicted molar refractivity (Wildman–Crippen MR) is 44.7 cm³/mol. The van der Waals surface area contributed by atoms with Crippen LogP contribution in [0.5, 0.6) is 0 Å². The molecule has 0 aromatic rings. The highest BCUT2D eigenvalue weighted by Crippen LogP contribution is 2.16. The van der Waals surface area contributed by atoms with E-state index in [2.05, 4.69) is 20.4 Å². The molecule has 0 aliphatic rings. The Labute approximate surface area is 60.6 Å². The molecular formula is C7H18OSi. The van der Waals surface area contributed by atoms with Gasteiger partial charge in [0.25, 0.3) is 0 Å². The van der Waals surface area contributed by atoms with E-state index in [1.807, 2.05) is 7.11 Å². The summed E-state index contributed by atoms with van der Waals surface area (Å²) in [5.74, 6) is 0. The van der Waals surface area contributed by atoms with E-state index in [0.717, 1.165) is 0 Å². The van der Waals surface area contributed by atoms with Crippen molar-refractivity contribution in [3.05, 3.63) is 0 Å². The third-order valence-corrected chi connectivity index (χ3v) is 4.94. The zero-order valence-corrected chi connectivity index (χ0v) is 8.44. The molecule has 0 aromatic heterocycles. The molecule has 0 rings (SSSR count). The lowest BCUT2D eigenvalue weighted by molar-refractivity contribution is 0.0537. The maximum Gasteiger partial charge on any atom is 0.0564 e. The molecule has 0 fully saturated rings. The molecule has 2 heteroatoms. The van der Waals surface area contributed by atoms with Gasteiger partial charge in [0.05, 0.1) is 14.7 Å². The smallest absolute Gasteiger partial charge is 0.0564 e. The topological polar surface area (TPSA) is 9.23 Å². The van der Waals surface area contributed by atoms with Crippen molar-refractivity contribution in [3.63, 3.8) is 0 Å². The van der Waals surface area contributed by atoms with Gasteiger partial charge in [0.1, 0.15) is 0 Å². The molecular weight excluding hydrogens is 128 g/mol. The number of hydrogen-bond donors (Lipinski definition) is 0. The Morgan fingerprint density at radius 1 is 1.33 bits per heavy atom. The molecule has 56 valence electrons. The van der Waals surface area contributed by atoms with E-state index in [-0.39, 0.29) is 9.52 Å². The Kier molecular flexibility index (Phi) is 4.15. The van der Waals surface area contributed by atoms with Crippen LogP contribution < -0.4 is 0 Å². The molecule has 0 amide bonds. The average molecular weight is 146 g/mol. The van der Waals surface area contributed by atoms with Crippen LogP contribution in [0.2, 0.25) is 6.55 Å². The lowest BCUT2D eigenvalue weighted by Gasteiger charge is -2.28. The molecule has 1 nitrogen and oxygen atoms in total. The Balaban J connectivity index is 3.82. The lowest BCUT2D eigenvalue weighted by atomic mass is 10.2. The van der Waals surface area contributed by atoms with Gasteiger partial charge >= 0.3 is 0 Å². The number of rotatable bonds is 4. The summed E-state index contributed by atoms with van der Waals surface area (Å²) in [5.41, 5.74) is 0. The summed E-state index contributed by atoms with van der Waals surface area (Å²) in [6.45, 7) is 6.74. The number of methoxy groups -OCH3 is 1. The molecule has 9 heavy (non-hydrogen) atoms. The zero-order chi connectivity index (χ0) is 7.33. The van der Waals surface area contributed by atoms with Gasteiger partial charge in [0.2, 0.25) is 0 Å². The molecule has 0 aromatic carbocycles. The Morgan fingerprint density at radius 3 is 1.78 bits per heavy atom. The van der Waals surface area contributed by atoms with Gasteiger partial charge in [-0.25, -0.2) is 0 Å². The van der Waals surface area contributed by atoms with E-state index in [1.54, 1.807) is 0 Å². The van der Waals surface area contributed by atoms with Crippen LogP contribution in [0, 0.1) is 0 Å². The average Bonchev–Trinajstić information content (AvgIpc) is 1.95. The van der Waals surface area contributed by atoms with E-state index < -0.39 is 0 Å². The van der Waals surface area contributed by atoms with Crippen molar-refractivity contribution < 1.29 is 4.74 Å². The van der Waals surface area contributed by atoms with Crippen molar-refractivity contribution in [3.8, 4) is 0 Å². The maximum absolute atomic E-state index is 5.45. The predicted octanol–water partition coefficient (Wildman–Crippen LogP) is 1.37. The summed E-state index contributed by atoms with van der Waals surface area (Å²) in [4.78, 5) is 0. The first-order valence-corrected chi connectivity index (χ1v) is 5.92. The standard InChI is InChI=1S/C7H18OSi/c1-5-7(6-2,8-3)9-4/h5-6,9H2,1-4H3. The SMILES string of the molecule is CCC(CC)(OC)[SiH2]C. The largest absolute Gasteiger partial charge is 0.382 e. The van der Waals surface area contributed by atoms with Gasteiger partial charge in [-0.15, -0.1) is 0 Å². The first-order valence-electron chi connectivity index (χ1n) is 3.79. The molecule has 0 aliphatic carbocycles. The third kappa shape index (κ3) is 2.10. The summed E-state index contributed by atoms with van der Waals surface area (Å²) in [6.07, 6.45) is 2.37. The summed E-state index contributed by atoms with van der Waals surface area (Å²) >= 11 is 0. The van der Waals surface area contributed by atoms with Gasteiger partial charge in [0.15, 0.2) is 0 Å². The lowest BCUT2D eigenvalue weighted by Crippen LogP contribution is -2.35. The molecule has 0 aliphatic heterocycles. The molecule has 0 N–H and O–H groups in total. The van der Waals surface area contributed by atoms with Crippen LogP contribution in [-0.2, 0) is 4.74 Å². The highest BCUT2D eigenvalue weighted by atomic mass is 28.2. The maximum atomic E-state index is 5.45. The van der Waals surface area contributed by atoms with Crippen LogP contribution in [0.1, 0.15) is 26.7 Å². The fourth-order valence-corrected chi connectivity index (χ4v) is 2.47. The van der Waals surface area contributed by atoms with Crippen molar-refractivity contribution in [2.45, 2.75) is 38.5 Å². The second kappa shape index (κ2) is 4.07. The van der Waals surface area contributed by atoms with Crippen LogP contribution in [-0.4, -0.2) is 21.9 Å². The Hall–Kier alpha value is 0.177. The summed E-state index contributed by atoms with van der Waals surface area (Å²) in [6, 6.07) is 0. The van der Waals surface area contributed by atoms with Crippen LogP contribution in [0.15, 0.2) is 0 Å². The van der Waals surface area contributed by atoms with Gasteiger partial charge in [-0.1, -0.05) is 20.4 Å². The third-order valence-electron chi connectivity index (χ3n) is 2.37. The molecule has 0 heterocycles. The van der Waals surface area contributed by atoms with E-state index >= 15 is 0 Å². The van der Waals surface area contributed by atoms with Gasteiger partial charge in [0, 0.05) is 7.11 Å². The molecule has 0 atom stereocenters. The minimum Gasteiger partial charge on any atom is -0.382 e. The van der Waals surface area contributed by atoms with Crippen LogP contribution in [0.25, 0.3) is 0 Å². The van der Waals surface area contributed by atoms with E-state index in [0.29, 0.717) is 5.22 Å². The summed E-state index contributed by atoms with van der Waals surface area (Å²) in [5, 5.41) is 0.306. The quantitative estimate of drug-likeness (QED) is 0.544. The summed E-state index contributed by atoms with van der Waals surface area (Å²) < 4.78 is 5.45. The molecule has 0 spiro atoms. The first kappa shape index (κ1) is 9.18. The van der Waals surface area contributed by atoms with Crippen LogP contribution >= 0.6 is 0 Å². The van der Waals surface area contributed by atoms with Crippen molar-refractivity contribution in [1.82, 2.24) is 0 Å². The monoisotopic (exact) mass is 146 g/mol. The number of ether oxygens (including phenoxy) is 1. The molecule has 0 unspecified atom stereocenters. The summed E-state index contributed by atoms with van der Waals surface area (Å²) in [7, 11) is 1.84. The van der Waals surface area contributed by atoms with Gasteiger partial charge in [-0.2, -0.15) is 0 Å². The minimum atomic E-state index is -0.00116.